The fraction of sp³-hybridized carbons (Fsp3) is 0.273. The normalized spacial score (nSPS) is 14.9. The summed E-state index contributed by atoms with van der Waals surface area (Å²) >= 11 is 1.53. The number of fused-ring (bicyclic) bond motifs is 2. The number of carbonyl (C=O) groups is 1. The van der Waals surface area contributed by atoms with Crippen molar-refractivity contribution in [3.63, 3.8) is 0 Å². The Morgan fingerprint density at radius 2 is 1.82 bits per heavy atom. The highest BCUT2D eigenvalue weighted by atomic mass is 32.1. The third kappa shape index (κ3) is 2.76. The Hall–Kier alpha value is -2.86. The Bertz CT molecular complexity index is 1190. The van der Waals surface area contributed by atoms with Crippen molar-refractivity contribution in [2.75, 3.05) is 31.1 Å². The lowest BCUT2D eigenvalue weighted by atomic mass is 10.1. The standard InChI is InChI=1S/C22H21N3O2S/c1-14-7-8-18-17(13-14)15(2)20(27-18)22(26)25-11-9-24(10-12-25)21-16-5-3-4-6-19(16)28-23-21/h3-8,13H,9-12H2,1-2H3. The molecule has 1 aliphatic rings. The van der Waals surface area contributed by atoms with E-state index in [1.54, 1.807) is 0 Å². The number of carbonyl (C=O) groups excluding carboxylic acids is 1. The summed E-state index contributed by atoms with van der Waals surface area (Å²) in [6.07, 6.45) is 0. The van der Waals surface area contributed by atoms with E-state index in [0.717, 1.165) is 35.4 Å². The van der Waals surface area contributed by atoms with Crippen molar-refractivity contribution in [2.24, 2.45) is 0 Å². The predicted molar refractivity (Wildman–Crippen MR) is 113 cm³/mol. The average Bonchev–Trinajstić information content (AvgIpc) is 3.29. The van der Waals surface area contributed by atoms with Gasteiger partial charge in [-0.3, -0.25) is 4.79 Å². The van der Waals surface area contributed by atoms with Crippen LogP contribution in [-0.4, -0.2) is 41.4 Å². The van der Waals surface area contributed by atoms with Crippen molar-refractivity contribution in [3.8, 4) is 0 Å². The second-order valence-electron chi connectivity index (χ2n) is 7.34. The molecule has 0 N–H and O–H groups in total. The Kier molecular flexibility index (Phi) is 4.09. The Labute approximate surface area is 167 Å². The molecule has 142 valence electrons. The van der Waals surface area contributed by atoms with Crippen molar-refractivity contribution in [1.29, 1.82) is 0 Å². The van der Waals surface area contributed by atoms with Crippen molar-refractivity contribution < 1.29 is 9.21 Å². The number of rotatable bonds is 2. The number of nitrogens with zero attached hydrogens (tertiary/aromatic N) is 3. The zero-order valence-corrected chi connectivity index (χ0v) is 16.8. The van der Waals surface area contributed by atoms with Gasteiger partial charge in [0.05, 0.1) is 4.70 Å². The number of anilines is 1. The van der Waals surface area contributed by atoms with Crippen LogP contribution in [0, 0.1) is 13.8 Å². The first-order chi connectivity index (χ1) is 13.6. The van der Waals surface area contributed by atoms with Crippen LogP contribution in [0.15, 0.2) is 46.9 Å². The molecule has 1 aliphatic heterocycles. The van der Waals surface area contributed by atoms with E-state index in [9.17, 15) is 4.79 Å². The summed E-state index contributed by atoms with van der Waals surface area (Å²) in [5.41, 5.74) is 2.87. The van der Waals surface area contributed by atoms with Gasteiger partial charge in [-0.25, -0.2) is 0 Å². The van der Waals surface area contributed by atoms with E-state index < -0.39 is 0 Å². The molecule has 1 fully saturated rings. The summed E-state index contributed by atoms with van der Waals surface area (Å²) in [5.74, 6) is 1.48. The van der Waals surface area contributed by atoms with Gasteiger partial charge in [-0.05, 0) is 49.6 Å². The van der Waals surface area contributed by atoms with E-state index in [0.29, 0.717) is 18.8 Å². The lowest BCUT2D eigenvalue weighted by Crippen LogP contribution is -2.49. The molecule has 4 aromatic rings. The summed E-state index contributed by atoms with van der Waals surface area (Å²) in [7, 11) is 0. The van der Waals surface area contributed by atoms with E-state index in [-0.39, 0.29) is 5.91 Å². The van der Waals surface area contributed by atoms with E-state index in [1.807, 2.05) is 36.1 Å². The zero-order chi connectivity index (χ0) is 19.3. The van der Waals surface area contributed by atoms with Crippen molar-refractivity contribution in [1.82, 2.24) is 9.27 Å². The second-order valence-corrected chi connectivity index (χ2v) is 8.14. The van der Waals surface area contributed by atoms with Crippen LogP contribution in [0.4, 0.5) is 5.82 Å². The largest absolute Gasteiger partial charge is 0.451 e. The first-order valence-electron chi connectivity index (χ1n) is 9.50. The van der Waals surface area contributed by atoms with Crippen molar-refractivity contribution in [2.45, 2.75) is 13.8 Å². The Morgan fingerprint density at radius 1 is 1.04 bits per heavy atom. The molecule has 0 bridgehead atoms. The molecule has 1 amide bonds. The minimum Gasteiger partial charge on any atom is -0.451 e. The van der Waals surface area contributed by atoms with Crippen LogP contribution in [0.1, 0.15) is 21.7 Å². The smallest absolute Gasteiger partial charge is 0.290 e. The third-order valence-electron chi connectivity index (χ3n) is 5.51. The SMILES string of the molecule is Cc1ccc2oc(C(=O)N3CCN(c4nsc5ccccc45)CC3)c(C)c2c1. The Balaban J connectivity index is 1.35. The van der Waals surface area contributed by atoms with Gasteiger partial charge < -0.3 is 14.2 Å². The maximum absolute atomic E-state index is 13.1. The number of hydrogen-bond acceptors (Lipinski definition) is 5. The van der Waals surface area contributed by atoms with Gasteiger partial charge in [0.15, 0.2) is 5.76 Å². The Morgan fingerprint density at radius 3 is 2.64 bits per heavy atom. The summed E-state index contributed by atoms with van der Waals surface area (Å²) in [4.78, 5) is 17.2. The number of hydrogen-bond donors (Lipinski definition) is 0. The molecule has 5 nitrogen and oxygen atoms in total. The van der Waals surface area contributed by atoms with E-state index in [2.05, 4.69) is 34.4 Å². The molecular formula is C22H21N3O2S. The van der Waals surface area contributed by atoms with E-state index in [4.69, 9.17) is 4.42 Å². The van der Waals surface area contributed by atoms with Gasteiger partial charge in [0, 0.05) is 42.5 Å². The molecule has 0 spiro atoms. The van der Waals surface area contributed by atoms with Gasteiger partial charge in [-0.2, -0.15) is 4.37 Å². The summed E-state index contributed by atoms with van der Waals surface area (Å²) in [6.45, 7) is 6.90. The molecule has 0 aliphatic carbocycles. The number of benzene rings is 2. The molecule has 3 heterocycles. The lowest BCUT2D eigenvalue weighted by Gasteiger charge is -2.34. The zero-order valence-electron chi connectivity index (χ0n) is 15.9. The van der Waals surface area contributed by atoms with Gasteiger partial charge in [-0.1, -0.05) is 23.8 Å². The number of piperazine rings is 1. The van der Waals surface area contributed by atoms with Crippen molar-refractivity contribution >= 4 is 44.3 Å². The highest BCUT2D eigenvalue weighted by Crippen LogP contribution is 2.31. The van der Waals surface area contributed by atoms with Gasteiger partial charge >= 0.3 is 0 Å². The molecule has 5 rings (SSSR count). The second kappa shape index (κ2) is 6.63. The molecule has 1 saturated heterocycles. The molecule has 0 unspecified atom stereocenters. The van der Waals surface area contributed by atoms with Crippen LogP contribution in [-0.2, 0) is 0 Å². The number of amides is 1. The molecule has 0 atom stereocenters. The number of furan rings is 1. The first kappa shape index (κ1) is 17.3. The van der Waals surface area contributed by atoms with E-state index in [1.165, 1.54) is 27.2 Å². The minimum absolute atomic E-state index is 0.0193. The first-order valence-corrected chi connectivity index (χ1v) is 10.3. The predicted octanol–water partition coefficient (Wildman–Crippen LogP) is 4.62. The number of aryl methyl sites for hydroxylation is 2. The fourth-order valence-corrected chi connectivity index (χ4v) is 4.70. The molecule has 6 heteroatoms. The van der Waals surface area contributed by atoms with Gasteiger partial charge in [0.25, 0.3) is 5.91 Å². The monoisotopic (exact) mass is 391 g/mol. The summed E-state index contributed by atoms with van der Waals surface area (Å²) in [5, 5.41) is 2.21. The molecule has 0 saturated carbocycles. The fourth-order valence-electron chi connectivity index (χ4n) is 3.90. The molecule has 0 radical (unpaired) electrons. The average molecular weight is 391 g/mol. The van der Waals surface area contributed by atoms with Crippen LogP contribution >= 0.6 is 11.5 Å². The van der Waals surface area contributed by atoms with Crippen LogP contribution in [0.2, 0.25) is 0 Å². The van der Waals surface area contributed by atoms with Crippen LogP contribution in [0.3, 0.4) is 0 Å². The molecule has 2 aromatic heterocycles. The lowest BCUT2D eigenvalue weighted by molar-refractivity contribution is 0.0716. The molecule has 2 aromatic carbocycles. The third-order valence-corrected chi connectivity index (χ3v) is 6.33. The van der Waals surface area contributed by atoms with Gasteiger partial charge in [0.1, 0.15) is 11.4 Å². The quantitative estimate of drug-likeness (QED) is 0.500. The minimum atomic E-state index is -0.0193. The van der Waals surface area contributed by atoms with Crippen LogP contribution in [0.25, 0.3) is 21.1 Å². The van der Waals surface area contributed by atoms with Crippen molar-refractivity contribution in [3.05, 3.63) is 59.4 Å². The maximum Gasteiger partial charge on any atom is 0.290 e. The van der Waals surface area contributed by atoms with Gasteiger partial charge in [-0.15, -0.1) is 0 Å². The molecule has 28 heavy (non-hydrogen) atoms. The van der Waals surface area contributed by atoms with Crippen LogP contribution in [0.5, 0.6) is 0 Å². The van der Waals surface area contributed by atoms with Crippen LogP contribution < -0.4 is 4.90 Å². The van der Waals surface area contributed by atoms with Gasteiger partial charge in [0.2, 0.25) is 0 Å². The highest BCUT2D eigenvalue weighted by Gasteiger charge is 2.28. The topological polar surface area (TPSA) is 49.6 Å². The highest BCUT2D eigenvalue weighted by molar-refractivity contribution is 7.13. The molecular weight excluding hydrogens is 370 g/mol. The number of aromatic nitrogens is 1. The summed E-state index contributed by atoms with van der Waals surface area (Å²) in [6, 6.07) is 14.3. The maximum atomic E-state index is 13.1. The van der Waals surface area contributed by atoms with E-state index >= 15 is 0 Å². The summed E-state index contributed by atoms with van der Waals surface area (Å²) < 4.78 is 11.8.